The summed E-state index contributed by atoms with van der Waals surface area (Å²) < 4.78 is 0. The molecule has 4 bridgehead atoms. The molecule has 0 aromatic heterocycles. The van der Waals surface area contributed by atoms with Crippen molar-refractivity contribution in [3.05, 3.63) is 0 Å². The van der Waals surface area contributed by atoms with Crippen molar-refractivity contribution in [1.82, 2.24) is 0 Å². The average Bonchev–Trinajstić information content (AvgIpc) is 2.24. The van der Waals surface area contributed by atoms with Gasteiger partial charge in [0, 0.05) is 0 Å². The van der Waals surface area contributed by atoms with Crippen molar-refractivity contribution in [3.8, 4) is 0 Å². The van der Waals surface area contributed by atoms with Crippen molar-refractivity contribution >= 4 is 5.97 Å². The molecule has 0 radical (unpaired) electrons. The summed E-state index contributed by atoms with van der Waals surface area (Å²) in [6.07, 6.45) is 10.6. The first-order valence-corrected chi connectivity index (χ1v) is 7.62. The van der Waals surface area contributed by atoms with Gasteiger partial charge >= 0.3 is 5.97 Å². The standard InChI is InChI=1S/C16H26O2/c1-15(2,14(17)18)3-4-16-8-11-5-12(9-16)7-13(6-11)10-16/h11-13H,3-10H2,1-2H3,(H,17,18). The lowest BCUT2D eigenvalue weighted by Crippen LogP contribution is -2.46. The summed E-state index contributed by atoms with van der Waals surface area (Å²) in [6.45, 7) is 3.77. The van der Waals surface area contributed by atoms with Crippen LogP contribution in [-0.4, -0.2) is 11.1 Å². The van der Waals surface area contributed by atoms with Crippen LogP contribution in [0.3, 0.4) is 0 Å². The summed E-state index contributed by atoms with van der Waals surface area (Å²) in [4.78, 5) is 11.2. The molecule has 0 unspecified atom stereocenters. The molecule has 18 heavy (non-hydrogen) atoms. The molecule has 4 rings (SSSR count). The molecule has 0 atom stereocenters. The van der Waals surface area contributed by atoms with Crippen molar-refractivity contribution in [2.24, 2.45) is 28.6 Å². The van der Waals surface area contributed by atoms with Crippen LogP contribution >= 0.6 is 0 Å². The molecule has 2 nitrogen and oxygen atoms in total. The molecule has 4 saturated carbocycles. The predicted octanol–water partition coefficient (Wildman–Crippen LogP) is 4.09. The van der Waals surface area contributed by atoms with Gasteiger partial charge in [0.05, 0.1) is 5.41 Å². The highest BCUT2D eigenvalue weighted by molar-refractivity contribution is 5.73. The van der Waals surface area contributed by atoms with Crippen LogP contribution in [0.2, 0.25) is 0 Å². The Balaban J connectivity index is 1.67. The zero-order chi connectivity index (χ0) is 13.0. The molecule has 0 aromatic rings. The van der Waals surface area contributed by atoms with Crippen LogP contribution in [0.15, 0.2) is 0 Å². The van der Waals surface area contributed by atoms with Crippen molar-refractivity contribution < 1.29 is 9.90 Å². The van der Waals surface area contributed by atoms with Crippen molar-refractivity contribution in [2.75, 3.05) is 0 Å². The molecule has 0 spiro atoms. The Labute approximate surface area is 110 Å². The molecule has 0 aliphatic heterocycles. The SMILES string of the molecule is CC(C)(CCC12CC3CC(CC(C3)C1)C2)C(=O)O. The largest absolute Gasteiger partial charge is 0.481 e. The Morgan fingerprint density at radius 3 is 1.94 bits per heavy atom. The highest BCUT2D eigenvalue weighted by atomic mass is 16.4. The summed E-state index contributed by atoms with van der Waals surface area (Å²) in [5, 5.41) is 9.25. The van der Waals surface area contributed by atoms with E-state index in [0.717, 1.165) is 30.6 Å². The van der Waals surface area contributed by atoms with E-state index in [4.69, 9.17) is 0 Å². The topological polar surface area (TPSA) is 37.3 Å². The monoisotopic (exact) mass is 250 g/mol. The maximum atomic E-state index is 11.2. The molecular weight excluding hydrogens is 224 g/mol. The fraction of sp³-hybridized carbons (Fsp3) is 0.938. The number of hydrogen-bond donors (Lipinski definition) is 1. The molecule has 2 heteroatoms. The predicted molar refractivity (Wildman–Crippen MR) is 71.3 cm³/mol. The maximum absolute atomic E-state index is 11.2. The number of carbonyl (C=O) groups is 1. The second-order valence-corrected chi connectivity index (χ2v) is 8.11. The van der Waals surface area contributed by atoms with E-state index in [1.54, 1.807) is 0 Å². The third kappa shape index (κ3) is 2.08. The summed E-state index contributed by atoms with van der Waals surface area (Å²) >= 11 is 0. The minimum Gasteiger partial charge on any atom is -0.481 e. The lowest BCUT2D eigenvalue weighted by Gasteiger charge is -2.57. The van der Waals surface area contributed by atoms with Crippen LogP contribution in [0.1, 0.15) is 65.2 Å². The van der Waals surface area contributed by atoms with Crippen molar-refractivity contribution in [1.29, 1.82) is 0 Å². The Bertz CT molecular complexity index is 321. The van der Waals surface area contributed by atoms with E-state index < -0.39 is 11.4 Å². The van der Waals surface area contributed by atoms with Gasteiger partial charge in [-0.05, 0) is 88.4 Å². The van der Waals surface area contributed by atoms with E-state index in [-0.39, 0.29) is 0 Å². The minimum atomic E-state index is -0.632. The van der Waals surface area contributed by atoms with Crippen molar-refractivity contribution in [2.45, 2.75) is 65.2 Å². The zero-order valence-electron chi connectivity index (χ0n) is 11.7. The number of hydrogen-bond acceptors (Lipinski definition) is 1. The Morgan fingerprint density at radius 1 is 1.11 bits per heavy atom. The van der Waals surface area contributed by atoms with Crippen LogP contribution in [0, 0.1) is 28.6 Å². The zero-order valence-corrected chi connectivity index (χ0v) is 11.7. The van der Waals surface area contributed by atoms with Gasteiger partial charge in [0.2, 0.25) is 0 Å². The highest BCUT2D eigenvalue weighted by Gasteiger charge is 2.51. The van der Waals surface area contributed by atoms with Gasteiger partial charge in [0.1, 0.15) is 0 Å². The van der Waals surface area contributed by atoms with Gasteiger partial charge in [0.25, 0.3) is 0 Å². The van der Waals surface area contributed by atoms with Gasteiger partial charge in [-0.15, -0.1) is 0 Å². The molecule has 0 heterocycles. The quantitative estimate of drug-likeness (QED) is 0.815. The molecule has 102 valence electrons. The van der Waals surface area contributed by atoms with Crippen molar-refractivity contribution in [3.63, 3.8) is 0 Å². The average molecular weight is 250 g/mol. The second kappa shape index (κ2) is 3.98. The summed E-state index contributed by atoms with van der Waals surface area (Å²) in [5.74, 6) is 2.30. The summed E-state index contributed by atoms with van der Waals surface area (Å²) in [6, 6.07) is 0. The first kappa shape index (κ1) is 12.5. The third-order valence-electron chi connectivity index (χ3n) is 6.02. The van der Waals surface area contributed by atoms with E-state index >= 15 is 0 Å². The minimum absolute atomic E-state index is 0.529. The molecule has 0 saturated heterocycles. The van der Waals surface area contributed by atoms with Gasteiger partial charge in [-0.2, -0.15) is 0 Å². The van der Waals surface area contributed by atoms with Crippen LogP contribution in [0.5, 0.6) is 0 Å². The number of carboxylic acids is 1. The number of carboxylic acid groups (broad SMARTS) is 1. The maximum Gasteiger partial charge on any atom is 0.309 e. The van der Waals surface area contributed by atoms with Gasteiger partial charge in [0.15, 0.2) is 0 Å². The molecule has 0 aromatic carbocycles. The molecule has 4 aliphatic rings. The van der Waals surface area contributed by atoms with Gasteiger partial charge in [-0.3, -0.25) is 4.79 Å². The third-order valence-corrected chi connectivity index (χ3v) is 6.02. The van der Waals surface area contributed by atoms with E-state index in [2.05, 4.69) is 0 Å². The number of aliphatic carboxylic acids is 1. The lowest BCUT2D eigenvalue weighted by molar-refractivity contribution is -0.148. The Hall–Kier alpha value is -0.530. The van der Waals surface area contributed by atoms with Gasteiger partial charge in [-0.25, -0.2) is 0 Å². The fourth-order valence-electron chi connectivity index (χ4n) is 5.28. The van der Waals surface area contributed by atoms with E-state index in [0.29, 0.717) is 5.41 Å². The smallest absolute Gasteiger partial charge is 0.309 e. The molecule has 0 amide bonds. The van der Waals surface area contributed by atoms with E-state index in [9.17, 15) is 9.90 Å². The molecule has 1 N–H and O–H groups in total. The Morgan fingerprint density at radius 2 is 1.56 bits per heavy atom. The molecule has 4 fully saturated rings. The van der Waals surface area contributed by atoms with Gasteiger partial charge in [-0.1, -0.05) is 0 Å². The van der Waals surface area contributed by atoms with Crippen LogP contribution in [0.4, 0.5) is 0 Å². The summed E-state index contributed by atoms with van der Waals surface area (Å²) in [7, 11) is 0. The first-order chi connectivity index (χ1) is 8.39. The molecular formula is C16H26O2. The van der Waals surface area contributed by atoms with Gasteiger partial charge < -0.3 is 5.11 Å². The summed E-state index contributed by atoms with van der Waals surface area (Å²) in [5.41, 5.74) is -0.00913. The number of rotatable bonds is 4. The second-order valence-electron chi connectivity index (χ2n) is 8.11. The van der Waals surface area contributed by atoms with Crippen LogP contribution < -0.4 is 0 Å². The fourth-order valence-corrected chi connectivity index (χ4v) is 5.28. The van der Waals surface area contributed by atoms with E-state index in [1.165, 1.54) is 38.5 Å². The highest BCUT2D eigenvalue weighted by Crippen LogP contribution is 2.62. The van der Waals surface area contributed by atoms with Crippen LogP contribution in [-0.2, 0) is 4.79 Å². The van der Waals surface area contributed by atoms with Crippen LogP contribution in [0.25, 0.3) is 0 Å². The first-order valence-electron chi connectivity index (χ1n) is 7.62. The normalized spacial score (nSPS) is 42.2. The lowest BCUT2D eigenvalue weighted by atomic mass is 9.48. The molecule has 4 aliphatic carbocycles. The van der Waals surface area contributed by atoms with E-state index in [1.807, 2.05) is 13.8 Å². The Kier molecular flexibility index (Phi) is 2.76.